The Labute approximate surface area is 144 Å². The Balaban J connectivity index is 2.21. The van der Waals surface area contributed by atoms with E-state index in [4.69, 9.17) is 14.2 Å². The minimum Gasteiger partial charge on any atom is -0.496 e. The lowest BCUT2D eigenvalue weighted by Crippen LogP contribution is -2.45. The number of ether oxygens (including phenoxy) is 3. The summed E-state index contributed by atoms with van der Waals surface area (Å²) < 4.78 is 15.1. The molecule has 1 fully saturated rings. The zero-order valence-electron chi connectivity index (χ0n) is 14.0. The molecular weight excluding hydrogens is 332 g/mol. The molecule has 0 spiro atoms. The molecule has 1 aliphatic rings. The molecule has 1 amide bonds. The van der Waals surface area contributed by atoms with Gasteiger partial charge in [-0.1, -0.05) is 0 Å². The number of hydrogen-bond donors (Lipinski definition) is 1. The van der Waals surface area contributed by atoms with Gasteiger partial charge in [-0.25, -0.2) is 4.79 Å². The second-order valence-corrected chi connectivity index (χ2v) is 5.60. The number of esters is 1. The van der Waals surface area contributed by atoms with Crippen LogP contribution in [0.15, 0.2) is 18.2 Å². The van der Waals surface area contributed by atoms with Crippen LogP contribution in [0.5, 0.6) is 5.75 Å². The van der Waals surface area contributed by atoms with E-state index in [2.05, 4.69) is 5.32 Å². The summed E-state index contributed by atoms with van der Waals surface area (Å²) in [6.07, 6.45) is 0.594. The minimum absolute atomic E-state index is 0.0108. The molecule has 1 aromatic rings. The predicted octanol–water partition coefficient (Wildman–Crippen LogP) is 0.840. The molecule has 0 aliphatic carbocycles. The Morgan fingerprint density at radius 3 is 2.76 bits per heavy atom. The van der Waals surface area contributed by atoms with Crippen LogP contribution in [0.3, 0.4) is 0 Å². The van der Waals surface area contributed by atoms with Crippen molar-refractivity contribution in [2.45, 2.75) is 18.9 Å². The van der Waals surface area contributed by atoms with Crippen LogP contribution in [0.4, 0.5) is 5.69 Å². The first-order valence-electron chi connectivity index (χ1n) is 7.73. The summed E-state index contributed by atoms with van der Waals surface area (Å²) in [7, 11) is 2.64. The van der Waals surface area contributed by atoms with Gasteiger partial charge in [0.2, 0.25) is 5.91 Å². The highest BCUT2D eigenvalue weighted by atomic mass is 16.6. The molecule has 0 bridgehead atoms. The number of nitro benzene ring substituents is 1. The number of hydrogen-bond acceptors (Lipinski definition) is 7. The third-order valence-electron chi connectivity index (χ3n) is 4.00. The average Bonchev–Trinajstić information content (AvgIpc) is 3.15. The molecular formula is C16H20N2O7. The number of rotatable bonds is 7. The van der Waals surface area contributed by atoms with Crippen molar-refractivity contribution in [3.63, 3.8) is 0 Å². The average molecular weight is 352 g/mol. The highest BCUT2D eigenvalue weighted by Crippen LogP contribution is 2.25. The van der Waals surface area contributed by atoms with E-state index in [-0.39, 0.29) is 23.9 Å². The van der Waals surface area contributed by atoms with E-state index < -0.39 is 16.9 Å². The van der Waals surface area contributed by atoms with E-state index in [1.54, 1.807) is 0 Å². The minimum atomic E-state index is -0.978. The smallest absolute Gasteiger partial charge is 0.328 e. The maximum Gasteiger partial charge on any atom is 0.328 e. The number of methoxy groups -OCH3 is 2. The fraction of sp³-hybridized carbons (Fsp3) is 0.500. The van der Waals surface area contributed by atoms with Gasteiger partial charge in [-0.2, -0.15) is 0 Å². The van der Waals surface area contributed by atoms with E-state index in [0.29, 0.717) is 30.9 Å². The lowest BCUT2D eigenvalue weighted by atomic mass is 10.0. The summed E-state index contributed by atoms with van der Waals surface area (Å²) >= 11 is 0. The second kappa shape index (κ2) is 8.43. The Morgan fingerprint density at radius 2 is 2.20 bits per heavy atom. The van der Waals surface area contributed by atoms with Gasteiger partial charge in [0.1, 0.15) is 11.8 Å². The van der Waals surface area contributed by atoms with Crippen LogP contribution in [-0.2, 0) is 25.5 Å². The van der Waals surface area contributed by atoms with Crippen LogP contribution in [0.1, 0.15) is 12.0 Å². The Kier molecular flexibility index (Phi) is 6.29. The first-order chi connectivity index (χ1) is 12.0. The van der Waals surface area contributed by atoms with Crippen molar-refractivity contribution < 1.29 is 28.7 Å². The van der Waals surface area contributed by atoms with E-state index in [1.165, 1.54) is 32.4 Å². The van der Waals surface area contributed by atoms with Gasteiger partial charge >= 0.3 is 5.97 Å². The molecule has 136 valence electrons. The molecule has 2 rings (SSSR count). The lowest BCUT2D eigenvalue weighted by Gasteiger charge is -2.19. The van der Waals surface area contributed by atoms with Crippen LogP contribution >= 0.6 is 0 Å². The molecule has 0 unspecified atom stereocenters. The fourth-order valence-corrected chi connectivity index (χ4v) is 2.62. The normalized spacial score (nSPS) is 17.6. The van der Waals surface area contributed by atoms with Crippen LogP contribution in [0.2, 0.25) is 0 Å². The highest BCUT2D eigenvalue weighted by molar-refractivity contribution is 5.86. The van der Waals surface area contributed by atoms with Gasteiger partial charge in [-0.05, 0) is 12.5 Å². The molecule has 0 radical (unpaired) electrons. The standard InChI is InChI=1S/C16H20N2O7/c1-23-14-4-3-12(18(21)22)7-11(14)8-13(16(20)24-2)17-15(19)10-5-6-25-9-10/h3-4,7,10,13H,5-6,8-9H2,1-2H3,(H,17,19)/t10-,13+/m0/s1. The van der Waals surface area contributed by atoms with Gasteiger partial charge in [0.05, 0.1) is 31.7 Å². The topological polar surface area (TPSA) is 117 Å². The molecule has 1 aliphatic heterocycles. The monoisotopic (exact) mass is 352 g/mol. The molecule has 9 heteroatoms. The number of nitrogens with zero attached hydrogens (tertiary/aromatic N) is 1. The van der Waals surface area contributed by atoms with Gasteiger partial charge < -0.3 is 19.5 Å². The van der Waals surface area contributed by atoms with Gasteiger partial charge in [0.25, 0.3) is 5.69 Å². The Hall–Kier alpha value is -2.68. The SMILES string of the molecule is COC(=O)[C@@H](Cc1cc([N+](=O)[O-])ccc1OC)NC(=O)[C@H]1CCOC1. The summed E-state index contributed by atoms with van der Waals surface area (Å²) in [4.78, 5) is 34.7. The van der Waals surface area contributed by atoms with Gasteiger partial charge in [0.15, 0.2) is 0 Å². The zero-order valence-corrected chi connectivity index (χ0v) is 14.0. The van der Waals surface area contributed by atoms with Crippen molar-refractivity contribution in [2.75, 3.05) is 27.4 Å². The summed E-state index contributed by atoms with van der Waals surface area (Å²) in [6, 6.07) is 3.10. The Morgan fingerprint density at radius 1 is 1.44 bits per heavy atom. The first kappa shape index (κ1) is 18.7. The van der Waals surface area contributed by atoms with Crippen molar-refractivity contribution in [1.82, 2.24) is 5.32 Å². The number of benzene rings is 1. The molecule has 9 nitrogen and oxygen atoms in total. The van der Waals surface area contributed by atoms with E-state index in [0.717, 1.165) is 0 Å². The molecule has 1 heterocycles. The second-order valence-electron chi connectivity index (χ2n) is 5.60. The van der Waals surface area contributed by atoms with Gasteiger partial charge in [0, 0.05) is 30.7 Å². The van der Waals surface area contributed by atoms with Crippen LogP contribution in [0.25, 0.3) is 0 Å². The number of carbonyl (C=O) groups excluding carboxylic acids is 2. The van der Waals surface area contributed by atoms with Crippen LogP contribution in [-0.4, -0.2) is 50.3 Å². The van der Waals surface area contributed by atoms with Crippen molar-refractivity contribution >= 4 is 17.6 Å². The summed E-state index contributed by atoms with van der Waals surface area (Å²) in [5.74, 6) is -0.879. The first-order valence-corrected chi connectivity index (χ1v) is 7.73. The van der Waals surface area contributed by atoms with E-state index in [9.17, 15) is 19.7 Å². The molecule has 1 saturated heterocycles. The lowest BCUT2D eigenvalue weighted by molar-refractivity contribution is -0.384. The summed E-state index contributed by atoms with van der Waals surface area (Å²) in [6.45, 7) is 0.805. The van der Waals surface area contributed by atoms with E-state index in [1.807, 2.05) is 0 Å². The number of amides is 1. The van der Waals surface area contributed by atoms with Crippen molar-refractivity contribution in [3.8, 4) is 5.75 Å². The maximum atomic E-state index is 12.3. The summed E-state index contributed by atoms with van der Waals surface area (Å²) in [5.41, 5.74) is 0.296. The van der Waals surface area contributed by atoms with Gasteiger partial charge in [-0.3, -0.25) is 14.9 Å². The maximum absolute atomic E-state index is 12.3. The molecule has 0 saturated carbocycles. The molecule has 1 aromatic carbocycles. The van der Waals surface area contributed by atoms with Gasteiger partial charge in [-0.15, -0.1) is 0 Å². The third-order valence-corrected chi connectivity index (χ3v) is 4.00. The van der Waals surface area contributed by atoms with Crippen molar-refractivity contribution in [3.05, 3.63) is 33.9 Å². The van der Waals surface area contributed by atoms with Crippen LogP contribution in [0, 0.1) is 16.0 Å². The third kappa shape index (κ3) is 4.66. The number of non-ortho nitro benzene ring substituents is 1. The number of nitro groups is 1. The fourth-order valence-electron chi connectivity index (χ4n) is 2.62. The molecule has 1 N–H and O–H groups in total. The Bertz CT molecular complexity index is 656. The molecule has 25 heavy (non-hydrogen) atoms. The van der Waals surface area contributed by atoms with Crippen molar-refractivity contribution in [2.24, 2.45) is 5.92 Å². The van der Waals surface area contributed by atoms with Crippen LogP contribution < -0.4 is 10.1 Å². The number of carbonyl (C=O) groups is 2. The van der Waals surface area contributed by atoms with E-state index >= 15 is 0 Å². The molecule has 0 aromatic heterocycles. The summed E-state index contributed by atoms with van der Waals surface area (Å²) in [5, 5.41) is 13.6. The predicted molar refractivity (Wildman–Crippen MR) is 86.2 cm³/mol. The number of nitrogens with one attached hydrogen (secondary N) is 1. The zero-order chi connectivity index (χ0) is 18.4. The quantitative estimate of drug-likeness (QED) is 0.439. The highest BCUT2D eigenvalue weighted by Gasteiger charge is 2.29. The molecule has 2 atom stereocenters. The largest absolute Gasteiger partial charge is 0.496 e. The van der Waals surface area contributed by atoms with Crippen molar-refractivity contribution in [1.29, 1.82) is 0 Å².